The van der Waals surface area contributed by atoms with E-state index in [-0.39, 0.29) is 0 Å². The quantitative estimate of drug-likeness (QED) is 0.815. The number of anilines is 2. The molecule has 0 aliphatic carbocycles. The molecule has 0 atom stereocenters. The number of hydrogen-bond donors (Lipinski definition) is 2. The molecule has 2 aromatic rings. The van der Waals surface area contributed by atoms with Gasteiger partial charge >= 0.3 is 6.43 Å². The number of carbonyl (C=O) groups excluding carboxylic acids is 2. The van der Waals surface area contributed by atoms with Crippen LogP contribution in [0, 0.1) is 23.3 Å². The standard InChI is InChI=1S/C15H8F6N2O2/c16-7-3-1-2-6(10(7)18)14(24)22-9-5-4-8(17)12(11(9)19)23-15(25)13(20)21/h1-5,13H,(H,22,24)(H,23,25). The largest absolute Gasteiger partial charge is 0.319 e. The average molecular weight is 362 g/mol. The fourth-order valence-corrected chi connectivity index (χ4v) is 1.81. The zero-order valence-electron chi connectivity index (χ0n) is 12.0. The van der Waals surface area contributed by atoms with Gasteiger partial charge < -0.3 is 10.6 Å². The molecule has 2 rings (SSSR count). The number of alkyl halides is 2. The fourth-order valence-electron chi connectivity index (χ4n) is 1.81. The molecule has 132 valence electrons. The molecule has 2 N–H and O–H groups in total. The Labute approximate surface area is 136 Å². The monoisotopic (exact) mass is 362 g/mol. The molecule has 0 saturated carbocycles. The number of halogens is 6. The molecule has 0 saturated heterocycles. The Kier molecular flexibility index (Phi) is 5.30. The van der Waals surface area contributed by atoms with E-state index in [4.69, 9.17) is 0 Å². The summed E-state index contributed by atoms with van der Waals surface area (Å²) in [5.41, 5.74) is -2.72. The van der Waals surface area contributed by atoms with E-state index < -0.39 is 58.4 Å². The van der Waals surface area contributed by atoms with Crippen molar-refractivity contribution < 1.29 is 35.9 Å². The van der Waals surface area contributed by atoms with E-state index in [1.807, 2.05) is 5.32 Å². The van der Waals surface area contributed by atoms with Gasteiger partial charge in [-0.15, -0.1) is 0 Å². The molecule has 0 aliphatic rings. The highest BCUT2D eigenvalue weighted by Gasteiger charge is 2.23. The van der Waals surface area contributed by atoms with Crippen LogP contribution in [-0.2, 0) is 4.79 Å². The average Bonchev–Trinajstić information content (AvgIpc) is 2.56. The van der Waals surface area contributed by atoms with Crippen LogP contribution < -0.4 is 10.6 Å². The molecule has 25 heavy (non-hydrogen) atoms. The van der Waals surface area contributed by atoms with Gasteiger partial charge in [0.1, 0.15) is 11.5 Å². The maximum absolute atomic E-state index is 14.1. The lowest BCUT2D eigenvalue weighted by Gasteiger charge is -2.12. The highest BCUT2D eigenvalue weighted by Crippen LogP contribution is 2.27. The molecule has 2 amide bonds. The second-order valence-electron chi connectivity index (χ2n) is 4.63. The molecule has 2 aromatic carbocycles. The van der Waals surface area contributed by atoms with E-state index in [0.29, 0.717) is 6.07 Å². The predicted octanol–water partition coefficient (Wildman–Crippen LogP) is 3.70. The lowest BCUT2D eigenvalue weighted by atomic mass is 10.1. The lowest BCUT2D eigenvalue weighted by Crippen LogP contribution is -2.22. The van der Waals surface area contributed by atoms with Gasteiger partial charge in [-0.3, -0.25) is 9.59 Å². The highest BCUT2D eigenvalue weighted by molar-refractivity contribution is 6.05. The number of rotatable bonds is 4. The molecule has 10 heteroatoms. The third kappa shape index (κ3) is 3.90. The van der Waals surface area contributed by atoms with Crippen LogP contribution in [0.15, 0.2) is 30.3 Å². The molecule has 0 heterocycles. The normalized spacial score (nSPS) is 10.7. The summed E-state index contributed by atoms with van der Waals surface area (Å²) in [6.07, 6.45) is -3.53. The first-order valence-electron chi connectivity index (χ1n) is 6.54. The summed E-state index contributed by atoms with van der Waals surface area (Å²) < 4.78 is 78.6. The Bertz CT molecular complexity index is 841. The van der Waals surface area contributed by atoms with Gasteiger partial charge in [-0.05, 0) is 24.3 Å². The minimum absolute atomic E-state index is 0.585. The Balaban J connectivity index is 2.33. The molecule has 0 bridgehead atoms. The Morgan fingerprint density at radius 2 is 1.52 bits per heavy atom. The molecular weight excluding hydrogens is 354 g/mol. The SMILES string of the molecule is O=C(Nc1ccc(F)c(NC(=O)C(F)F)c1F)c1cccc(F)c1F. The molecule has 0 spiro atoms. The van der Waals surface area contributed by atoms with Gasteiger partial charge in [-0.2, -0.15) is 8.78 Å². The number of nitrogens with one attached hydrogen (secondary N) is 2. The molecule has 0 fully saturated rings. The third-order valence-electron chi connectivity index (χ3n) is 2.98. The Morgan fingerprint density at radius 3 is 2.16 bits per heavy atom. The van der Waals surface area contributed by atoms with Gasteiger partial charge in [0.15, 0.2) is 17.5 Å². The number of amides is 2. The van der Waals surface area contributed by atoms with E-state index >= 15 is 0 Å². The summed E-state index contributed by atoms with van der Waals surface area (Å²) in [5, 5.41) is 3.17. The molecule has 4 nitrogen and oxygen atoms in total. The Hall–Kier alpha value is -3.04. The Morgan fingerprint density at radius 1 is 0.840 bits per heavy atom. The molecule has 0 aliphatic heterocycles. The van der Waals surface area contributed by atoms with Crippen molar-refractivity contribution in [2.45, 2.75) is 6.43 Å². The van der Waals surface area contributed by atoms with Gasteiger partial charge in [-0.25, -0.2) is 17.6 Å². The van der Waals surface area contributed by atoms with Crippen LogP contribution >= 0.6 is 0 Å². The maximum atomic E-state index is 14.1. The van der Waals surface area contributed by atoms with E-state index in [1.165, 1.54) is 5.32 Å². The zero-order valence-corrected chi connectivity index (χ0v) is 12.0. The molecule has 0 radical (unpaired) electrons. The van der Waals surface area contributed by atoms with Gasteiger partial charge in [0.2, 0.25) is 0 Å². The van der Waals surface area contributed by atoms with Crippen molar-refractivity contribution in [2.24, 2.45) is 0 Å². The van der Waals surface area contributed by atoms with Crippen molar-refractivity contribution in [1.82, 2.24) is 0 Å². The van der Waals surface area contributed by atoms with Gasteiger partial charge in [0, 0.05) is 0 Å². The van der Waals surface area contributed by atoms with Crippen LogP contribution in [-0.4, -0.2) is 18.2 Å². The fraction of sp³-hybridized carbons (Fsp3) is 0.0667. The van der Waals surface area contributed by atoms with Crippen LogP contribution in [0.2, 0.25) is 0 Å². The van der Waals surface area contributed by atoms with E-state index in [0.717, 1.165) is 24.3 Å². The summed E-state index contributed by atoms with van der Waals surface area (Å²) in [6, 6.07) is 4.00. The van der Waals surface area contributed by atoms with Crippen molar-refractivity contribution in [3.8, 4) is 0 Å². The van der Waals surface area contributed by atoms with Gasteiger partial charge in [0.25, 0.3) is 11.8 Å². The van der Waals surface area contributed by atoms with E-state index in [1.54, 1.807) is 0 Å². The van der Waals surface area contributed by atoms with Crippen LogP contribution in [0.3, 0.4) is 0 Å². The molecule has 0 aromatic heterocycles. The van der Waals surface area contributed by atoms with E-state index in [9.17, 15) is 35.9 Å². The lowest BCUT2D eigenvalue weighted by molar-refractivity contribution is -0.126. The first kappa shape index (κ1) is 18.3. The first-order chi connectivity index (χ1) is 11.7. The number of hydrogen-bond acceptors (Lipinski definition) is 2. The summed E-state index contributed by atoms with van der Waals surface area (Å²) in [7, 11) is 0. The second kappa shape index (κ2) is 7.24. The zero-order chi connectivity index (χ0) is 18.7. The summed E-state index contributed by atoms with van der Waals surface area (Å²) in [6.45, 7) is 0. The maximum Gasteiger partial charge on any atom is 0.315 e. The summed E-state index contributed by atoms with van der Waals surface area (Å²) in [5.74, 6) is -8.99. The van der Waals surface area contributed by atoms with Gasteiger partial charge in [0.05, 0.1) is 11.3 Å². The molecule has 0 unspecified atom stereocenters. The van der Waals surface area contributed by atoms with Gasteiger partial charge in [-0.1, -0.05) is 6.07 Å². The predicted molar refractivity (Wildman–Crippen MR) is 75.3 cm³/mol. The summed E-state index contributed by atoms with van der Waals surface area (Å²) in [4.78, 5) is 22.8. The number of benzene rings is 2. The van der Waals surface area contributed by atoms with Crippen molar-refractivity contribution in [3.05, 3.63) is 59.2 Å². The van der Waals surface area contributed by atoms with Crippen molar-refractivity contribution in [3.63, 3.8) is 0 Å². The molecular formula is C15H8F6N2O2. The smallest absolute Gasteiger partial charge is 0.315 e. The topological polar surface area (TPSA) is 58.2 Å². The highest BCUT2D eigenvalue weighted by atomic mass is 19.3. The van der Waals surface area contributed by atoms with Crippen molar-refractivity contribution in [1.29, 1.82) is 0 Å². The van der Waals surface area contributed by atoms with Crippen LogP contribution in [0.5, 0.6) is 0 Å². The van der Waals surface area contributed by atoms with Crippen LogP contribution in [0.1, 0.15) is 10.4 Å². The van der Waals surface area contributed by atoms with E-state index in [2.05, 4.69) is 0 Å². The third-order valence-corrected chi connectivity index (χ3v) is 2.98. The summed E-state index contributed by atoms with van der Waals surface area (Å²) >= 11 is 0. The minimum Gasteiger partial charge on any atom is -0.319 e. The van der Waals surface area contributed by atoms with Crippen molar-refractivity contribution in [2.75, 3.05) is 10.6 Å². The van der Waals surface area contributed by atoms with Crippen LogP contribution in [0.4, 0.5) is 37.7 Å². The number of carbonyl (C=O) groups is 2. The minimum atomic E-state index is -3.53. The van der Waals surface area contributed by atoms with Crippen LogP contribution in [0.25, 0.3) is 0 Å². The van der Waals surface area contributed by atoms with Crippen molar-refractivity contribution >= 4 is 23.2 Å². The first-order valence-corrected chi connectivity index (χ1v) is 6.54. The second-order valence-corrected chi connectivity index (χ2v) is 4.63.